The summed E-state index contributed by atoms with van der Waals surface area (Å²) in [5.41, 5.74) is -0.122. The predicted octanol–water partition coefficient (Wildman–Crippen LogP) is 1.51. The fourth-order valence-electron chi connectivity index (χ4n) is 1.92. The van der Waals surface area contributed by atoms with Crippen molar-refractivity contribution in [2.75, 3.05) is 13.2 Å². The van der Waals surface area contributed by atoms with E-state index in [4.69, 9.17) is 16.3 Å². The molecule has 1 atom stereocenters. The Balaban J connectivity index is 2.17. The van der Waals surface area contributed by atoms with E-state index in [1.807, 2.05) is 0 Å². The van der Waals surface area contributed by atoms with Crippen LogP contribution in [0.5, 0.6) is 0 Å². The first-order chi connectivity index (χ1) is 10.1. The topological polar surface area (TPSA) is 70.4 Å². The van der Waals surface area contributed by atoms with Crippen molar-refractivity contribution >= 4 is 17.6 Å². The first-order valence-electron chi connectivity index (χ1n) is 6.60. The maximum absolute atomic E-state index is 12.2. The van der Waals surface area contributed by atoms with Gasteiger partial charge in [-0.05, 0) is 19.3 Å². The smallest absolute Gasteiger partial charge is 0.303 e. The van der Waals surface area contributed by atoms with Gasteiger partial charge in [0.2, 0.25) is 0 Å². The van der Waals surface area contributed by atoms with Crippen molar-refractivity contribution in [3.63, 3.8) is 0 Å². The molecule has 0 saturated carbocycles. The molecule has 0 radical (unpaired) electrons. The summed E-state index contributed by atoms with van der Waals surface area (Å²) in [6.45, 7) is 1.85. The summed E-state index contributed by atoms with van der Waals surface area (Å²) in [5.74, 6) is 4.85. The summed E-state index contributed by atoms with van der Waals surface area (Å²) < 4.78 is 11.4. The molecule has 1 unspecified atom stereocenters. The molecule has 0 spiro atoms. The number of nitrogens with zero attached hydrogens (tertiary/aromatic N) is 2. The van der Waals surface area contributed by atoms with Crippen molar-refractivity contribution in [2.45, 2.75) is 32.4 Å². The zero-order valence-electron chi connectivity index (χ0n) is 11.6. The summed E-state index contributed by atoms with van der Waals surface area (Å²) in [4.78, 5) is 22.8. The minimum Gasteiger partial charge on any atom is -0.453 e. The number of esters is 1. The Bertz CT molecular complexity index is 639. The minimum atomic E-state index is -0.428. The summed E-state index contributed by atoms with van der Waals surface area (Å²) >= 11 is 6.02. The van der Waals surface area contributed by atoms with Crippen LogP contribution in [0.25, 0.3) is 0 Å². The van der Waals surface area contributed by atoms with Crippen LogP contribution >= 0.6 is 11.6 Å². The fourth-order valence-corrected chi connectivity index (χ4v) is 2.11. The van der Waals surface area contributed by atoms with Crippen molar-refractivity contribution < 1.29 is 14.3 Å². The maximum atomic E-state index is 12.2. The van der Waals surface area contributed by atoms with E-state index in [9.17, 15) is 9.59 Å². The number of ether oxygens (including phenoxy) is 2. The van der Waals surface area contributed by atoms with E-state index in [2.05, 4.69) is 21.7 Å². The normalized spacial score (nSPS) is 17.7. The van der Waals surface area contributed by atoms with Crippen LogP contribution in [0, 0.1) is 11.8 Å². The van der Waals surface area contributed by atoms with Crippen LogP contribution in [0.1, 0.15) is 38.0 Å². The van der Waals surface area contributed by atoms with Gasteiger partial charge in [-0.25, -0.2) is 0 Å². The summed E-state index contributed by atoms with van der Waals surface area (Å²) in [6.07, 6.45) is 3.76. The molecule has 1 aromatic heterocycles. The van der Waals surface area contributed by atoms with E-state index in [1.54, 1.807) is 0 Å². The molecular weight excluding hydrogens is 296 g/mol. The van der Waals surface area contributed by atoms with Gasteiger partial charge in [0.05, 0.1) is 11.8 Å². The van der Waals surface area contributed by atoms with Gasteiger partial charge in [-0.15, -0.1) is 0 Å². The molecule has 1 aliphatic heterocycles. The van der Waals surface area contributed by atoms with E-state index in [-0.39, 0.29) is 17.9 Å². The lowest BCUT2D eigenvalue weighted by Gasteiger charge is -2.23. The van der Waals surface area contributed by atoms with Crippen LogP contribution in [0.3, 0.4) is 0 Å². The second kappa shape index (κ2) is 7.25. The second-order valence-electron chi connectivity index (χ2n) is 4.53. The number of hydrogen-bond acceptors (Lipinski definition) is 5. The van der Waals surface area contributed by atoms with Crippen LogP contribution < -0.4 is 5.56 Å². The molecule has 1 aromatic rings. The third-order valence-corrected chi connectivity index (χ3v) is 3.31. The average molecular weight is 311 g/mol. The molecule has 112 valence electrons. The van der Waals surface area contributed by atoms with Gasteiger partial charge in [-0.1, -0.05) is 23.4 Å². The Kier molecular flexibility index (Phi) is 5.37. The quantitative estimate of drug-likeness (QED) is 0.612. The largest absolute Gasteiger partial charge is 0.453 e. The van der Waals surface area contributed by atoms with Crippen LogP contribution in [-0.4, -0.2) is 29.0 Å². The molecule has 0 N–H and O–H groups in total. The molecule has 1 aliphatic rings. The molecular formula is C14H15ClN2O4. The van der Waals surface area contributed by atoms with Crippen molar-refractivity contribution in [1.29, 1.82) is 0 Å². The molecule has 7 heteroatoms. The number of halogens is 1. The predicted molar refractivity (Wildman–Crippen MR) is 75.9 cm³/mol. The third-order valence-electron chi connectivity index (χ3n) is 2.94. The Hall–Kier alpha value is -1.84. The monoisotopic (exact) mass is 310 g/mol. The van der Waals surface area contributed by atoms with Gasteiger partial charge in [-0.3, -0.25) is 9.59 Å². The maximum Gasteiger partial charge on any atom is 0.303 e. The lowest BCUT2D eigenvalue weighted by Crippen LogP contribution is -2.31. The number of carbonyl (C=O) groups excluding carboxylic acids is 1. The molecule has 0 aromatic carbocycles. The summed E-state index contributed by atoms with van der Waals surface area (Å²) in [6, 6.07) is 0. The van der Waals surface area contributed by atoms with E-state index < -0.39 is 11.5 Å². The van der Waals surface area contributed by atoms with Gasteiger partial charge in [0, 0.05) is 13.5 Å². The fraction of sp³-hybridized carbons (Fsp3) is 0.500. The van der Waals surface area contributed by atoms with Gasteiger partial charge in [0.15, 0.2) is 12.8 Å². The molecule has 1 saturated heterocycles. The molecule has 0 amide bonds. The van der Waals surface area contributed by atoms with Gasteiger partial charge in [0.25, 0.3) is 5.56 Å². The van der Waals surface area contributed by atoms with Crippen LogP contribution in [0.2, 0.25) is 5.02 Å². The molecule has 6 nitrogen and oxygen atoms in total. The van der Waals surface area contributed by atoms with E-state index in [0.717, 1.165) is 19.3 Å². The van der Waals surface area contributed by atoms with Crippen LogP contribution in [0.4, 0.5) is 0 Å². The number of hydrogen-bond donors (Lipinski definition) is 0. The SMILES string of the molecule is CC(=O)OCC#Cc1cnn(C2CCCCO2)c(=O)c1Cl. The van der Waals surface area contributed by atoms with E-state index in [0.29, 0.717) is 12.2 Å². The zero-order valence-corrected chi connectivity index (χ0v) is 12.4. The number of aromatic nitrogens is 2. The number of rotatable bonds is 2. The molecule has 2 rings (SSSR count). The van der Waals surface area contributed by atoms with Gasteiger partial charge in [-0.2, -0.15) is 9.78 Å². The molecule has 0 aliphatic carbocycles. The zero-order chi connectivity index (χ0) is 15.2. The van der Waals surface area contributed by atoms with Gasteiger partial charge < -0.3 is 9.47 Å². The minimum absolute atomic E-state index is 0.00509. The highest BCUT2D eigenvalue weighted by Gasteiger charge is 2.19. The summed E-state index contributed by atoms with van der Waals surface area (Å²) in [7, 11) is 0. The Morgan fingerprint density at radius 1 is 1.62 bits per heavy atom. The van der Waals surface area contributed by atoms with E-state index >= 15 is 0 Å². The van der Waals surface area contributed by atoms with Gasteiger partial charge in [0.1, 0.15) is 5.02 Å². The Morgan fingerprint density at radius 2 is 2.43 bits per heavy atom. The van der Waals surface area contributed by atoms with Crippen molar-refractivity contribution in [2.24, 2.45) is 0 Å². The highest BCUT2D eigenvalue weighted by molar-refractivity contribution is 6.31. The second-order valence-corrected chi connectivity index (χ2v) is 4.90. The van der Waals surface area contributed by atoms with Crippen LogP contribution in [0.15, 0.2) is 11.0 Å². The first kappa shape index (κ1) is 15.5. The number of carbonyl (C=O) groups is 1. The molecule has 2 heterocycles. The summed E-state index contributed by atoms with van der Waals surface area (Å²) in [5, 5.41) is 4.06. The third kappa shape index (κ3) is 4.06. The lowest BCUT2D eigenvalue weighted by molar-refractivity contribution is -0.139. The molecule has 21 heavy (non-hydrogen) atoms. The highest BCUT2D eigenvalue weighted by atomic mass is 35.5. The lowest BCUT2D eigenvalue weighted by atomic mass is 10.2. The average Bonchev–Trinajstić information content (AvgIpc) is 2.48. The standard InChI is InChI=1S/C14H15ClN2O4/c1-10(18)20-8-4-5-11-9-16-17(14(19)13(11)15)12-6-2-3-7-21-12/h9,12H,2-3,6-8H2,1H3. The Morgan fingerprint density at radius 3 is 3.10 bits per heavy atom. The Labute approximate surface area is 127 Å². The molecule has 1 fully saturated rings. The van der Waals surface area contributed by atoms with Crippen molar-refractivity contribution in [3.05, 3.63) is 27.1 Å². The molecule has 0 bridgehead atoms. The van der Waals surface area contributed by atoms with E-state index in [1.165, 1.54) is 17.8 Å². The first-order valence-corrected chi connectivity index (χ1v) is 6.98. The van der Waals surface area contributed by atoms with Crippen LogP contribution in [-0.2, 0) is 14.3 Å². The van der Waals surface area contributed by atoms with Crippen molar-refractivity contribution in [1.82, 2.24) is 9.78 Å². The van der Waals surface area contributed by atoms with Crippen molar-refractivity contribution in [3.8, 4) is 11.8 Å². The highest BCUT2D eigenvalue weighted by Crippen LogP contribution is 2.20. The van der Waals surface area contributed by atoms with Gasteiger partial charge >= 0.3 is 5.97 Å².